The second-order valence-corrected chi connectivity index (χ2v) is 6.01. The van der Waals surface area contributed by atoms with Crippen molar-refractivity contribution in [3.63, 3.8) is 0 Å². The van der Waals surface area contributed by atoms with Crippen molar-refractivity contribution < 1.29 is 14.6 Å². The molecule has 0 saturated heterocycles. The lowest BCUT2D eigenvalue weighted by Gasteiger charge is -2.38. The van der Waals surface area contributed by atoms with Gasteiger partial charge in [-0.3, -0.25) is 4.79 Å². The van der Waals surface area contributed by atoms with E-state index < -0.39 is 0 Å². The number of amides is 1. The van der Waals surface area contributed by atoms with Crippen LogP contribution in [0.25, 0.3) is 0 Å². The Labute approximate surface area is 145 Å². The fourth-order valence-corrected chi connectivity index (χ4v) is 2.89. The molecular formula is C18H18N4O3. The van der Waals surface area contributed by atoms with Gasteiger partial charge in [0.05, 0.1) is 24.8 Å². The summed E-state index contributed by atoms with van der Waals surface area (Å²) in [5, 5.41) is 21.4. The van der Waals surface area contributed by atoms with Gasteiger partial charge < -0.3 is 15.2 Å². The number of carbonyl (C=O) groups excluding carboxylic acids is 1. The van der Waals surface area contributed by atoms with Crippen molar-refractivity contribution in [1.82, 2.24) is 15.3 Å². The number of methoxy groups -OCH3 is 1. The maximum absolute atomic E-state index is 12.5. The van der Waals surface area contributed by atoms with Crippen LogP contribution in [0.3, 0.4) is 0 Å². The molecule has 0 aromatic carbocycles. The molecule has 128 valence electrons. The summed E-state index contributed by atoms with van der Waals surface area (Å²) in [6.45, 7) is 0. The number of ether oxygens (including phenoxy) is 1. The highest BCUT2D eigenvalue weighted by Gasteiger charge is 2.36. The van der Waals surface area contributed by atoms with E-state index in [2.05, 4.69) is 15.3 Å². The van der Waals surface area contributed by atoms with Crippen LogP contribution in [0, 0.1) is 17.2 Å². The van der Waals surface area contributed by atoms with Crippen molar-refractivity contribution in [2.24, 2.45) is 5.92 Å². The fraction of sp³-hybridized carbons (Fsp3) is 0.333. The molecule has 0 spiro atoms. The molecule has 0 aliphatic heterocycles. The van der Waals surface area contributed by atoms with E-state index in [0.29, 0.717) is 24.3 Å². The number of nitriles is 1. The Morgan fingerprint density at radius 1 is 1.32 bits per heavy atom. The molecule has 0 bridgehead atoms. The number of pyridine rings is 2. The molecule has 2 aromatic rings. The maximum Gasteiger partial charge on any atom is 0.253 e. The third-order valence-corrected chi connectivity index (χ3v) is 4.38. The molecule has 1 amide bonds. The molecule has 2 heterocycles. The highest BCUT2D eigenvalue weighted by atomic mass is 16.5. The van der Waals surface area contributed by atoms with Crippen LogP contribution < -0.4 is 10.1 Å². The standard InChI is InChI=1S/C18H18N4O3/c1-25-16-5-3-11(9-21-16)17(13-6-15(23)7-13)22-18(24)12-2-4-14(8-19)20-10-12/h2-5,9-10,13,15,17,23H,6-7H2,1H3,(H,22,24)/t13?,15?,17-/m0/s1. The Bertz CT molecular complexity index is 777. The van der Waals surface area contributed by atoms with E-state index in [1.165, 1.54) is 12.3 Å². The smallest absolute Gasteiger partial charge is 0.253 e. The topological polar surface area (TPSA) is 108 Å². The number of aromatic nitrogens is 2. The van der Waals surface area contributed by atoms with E-state index >= 15 is 0 Å². The molecule has 3 rings (SSSR count). The lowest BCUT2D eigenvalue weighted by Crippen LogP contribution is -2.41. The van der Waals surface area contributed by atoms with Crippen molar-refractivity contribution in [2.45, 2.75) is 25.0 Å². The molecule has 2 aromatic heterocycles. The zero-order valence-electron chi connectivity index (χ0n) is 13.7. The summed E-state index contributed by atoms with van der Waals surface area (Å²) in [6.07, 6.45) is 3.98. The van der Waals surface area contributed by atoms with Gasteiger partial charge in [-0.15, -0.1) is 0 Å². The van der Waals surface area contributed by atoms with Crippen molar-refractivity contribution >= 4 is 5.91 Å². The van der Waals surface area contributed by atoms with Crippen LogP contribution in [0.4, 0.5) is 0 Å². The fourth-order valence-electron chi connectivity index (χ4n) is 2.89. The van der Waals surface area contributed by atoms with Crippen LogP contribution >= 0.6 is 0 Å². The summed E-state index contributed by atoms with van der Waals surface area (Å²) in [4.78, 5) is 20.7. The quantitative estimate of drug-likeness (QED) is 0.857. The first-order valence-corrected chi connectivity index (χ1v) is 7.95. The third kappa shape index (κ3) is 3.75. The summed E-state index contributed by atoms with van der Waals surface area (Å²) in [5.41, 5.74) is 1.49. The second-order valence-electron chi connectivity index (χ2n) is 6.01. The van der Waals surface area contributed by atoms with Crippen LogP contribution in [0.15, 0.2) is 36.7 Å². The van der Waals surface area contributed by atoms with Crippen LogP contribution in [-0.4, -0.2) is 34.2 Å². The van der Waals surface area contributed by atoms with Gasteiger partial charge >= 0.3 is 0 Å². The largest absolute Gasteiger partial charge is 0.481 e. The Hall–Kier alpha value is -2.98. The predicted molar refractivity (Wildman–Crippen MR) is 88.7 cm³/mol. The van der Waals surface area contributed by atoms with E-state index in [1.54, 1.807) is 25.4 Å². The van der Waals surface area contributed by atoms with Gasteiger partial charge in [-0.05, 0) is 36.5 Å². The molecule has 1 saturated carbocycles. The van der Waals surface area contributed by atoms with E-state index in [1.807, 2.05) is 12.1 Å². The minimum absolute atomic E-state index is 0.139. The van der Waals surface area contributed by atoms with Gasteiger partial charge in [0.1, 0.15) is 11.8 Å². The number of nitrogens with zero attached hydrogens (tertiary/aromatic N) is 3. The van der Waals surface area contributed by atoms with Gasteiger partial charge in [0, 0.05) is 18.5 Å². The average molecular weight is 338 g/mol. The van der Waals surface area contributed by atoms with Crippen LogP contribution in [0.5, 0.6) is 5.88 Å². The van der Waals surface area contributed by atoms with Crippen molar-refractivity contribution in [2.75, 3.05) is 7.11 Å². The second kappa shape index (κ2) is 7.28. The number of hydrogen-bond donors (Lipinski definition) is 2. The summed E-state index contributed by atoms with van der Waals surface area (Å²) < 4.78 is 5.07. The van der Waals surface area contributed by atoms with Gasteiger partial charge in [0.2, 0.25) is 5.88 Å². The predicted octanol–water partition coefficient (Wildman–Crippen LogP) is 1.60. The first-order chi connectivity index (χ1) is 12.1. The lowest BCUT2D eigenvalue weighted by atomic mass is 9.75. The molecule has 0 radical (unpaired) electrons. The van der Waals surface area contributed by atoms with Crippen LogP contribution in [0.2, 0.25) is 0 Å². The molecule has 0 unspecified atom stereocenters. The van der Waals surface area contributed by atoms with Gasteiger partial charge in [0.25, 0.3) is 5.91 Å². The number of carbonyl (C=O) groups is 1. The van der Waals surface area contributed by atoms with Gasteiger partial charge in [-0.25, -0.2) is 9.97 Å². The van der Waals surface area contributed by atoms with Gasteiger partial charge in [0.15, 0.2) is 0 Å². The maximum atomic E-state index is 12.5. The highest BCUT2D eigenvalue weighted by molar-refractivity contribution is 5.94. The third-order valence-electron chi connectivity index (χ3n) is 4.38. The molecular weight excluding hydrogens is 320 g/mol. The van der Waals surface area contributed by atoms with E-state index in [-0.39, 0.29) is 29.7 Å². The number of aliphatic hydroxyl groups is 1. The Morgan fingerprint density at radius 3 is 2.64 bits per heavy atom. The molecule has 1 atom stereocenters. The van der Waals surface area contributed by atoms with Crippen molar-refractivity contribution in [3.8, 4) is 11.9 Å². The van der Waals surface area contributed by atoms with Crippen LogP contribution in [0.1, 0.15) is 40.5 Å². The summed E-state index contributed by atoms with van der Waals surface area (Å²) in [5.74, 6) is 0.360. The van der Waals surface area contributed by atoms with Gasteiger partial charge in [-0.1, -0.05) is 6.07 Å². The SMILES string of the molecule is COc1ccc([C@H](NC(=O)c2ccc(C#N)nc2)C2CC(O)C2)cn1. The summed E-state index contributed by atoms with van der Waals surface area (Å²) in [6, 6.07) is 8.34. The summed E-state index contributed by atoms with van der Waals surface area (Å²) >= 11 is 0. The van der Waals surface area contributed by atoms with E-state index in [0.717, 1.165) is 5.56 Å². The van der Waals surface area contributed by atoms with E-state index in [4.69, 9.17) is 10.00 Å². The molecule has 25 heavy (non-hydrogen) atoms. The minimum atomic E-state index is -0.327. The first kappa shape index (κ1) is 16.9. The lowest BCUT2D eigenvalue weighted by molar-refractivity contribution is 0.0234. The number of nitrogens with one attached hydrogen (secondary N) is 1. The Morgan fingerprint density at radius 2 is 2.12 bits per heavy atom. The summed E-state index contributed by atoms with van der Waals surface area (Å²) in [7, 11) is 1.54. The minimum Gasteiger partial charge on any atom is -0.481 e. The average Bonchev–Trinajstić information content (AvgIpc) is 2.64. The number of aliphatic hydroxyl groups excluding tert-OH is 1. The Kier molecular flexibility index (Phi) is 4.91. The molecule has 2 N–H and O–H groups in total. The number of rotatable bonds is 5. The molecule has 7 nitrogen and oxygen atoms in total. The van der Waals surface area contributed by atoms with Crippen molar-refractivity contribution in [3.05, 3.63) is 53.5 Å². The van der Waals surface area contributed by atoms with Crippen LogP contribution in [-0.2, 0) is 0 Å². The molecule has 1 fully saturated rings. The number of hydrogen-bond acceptors (Lipinski definition) is 6. The van der Waals surface area contributed by atoms with Gasteiger partial charge in [-0.2, -0.15) is 5.26 Å². The van der Waals surface area contributed by atoms with E-state index in [9.17, 15) is 9.90 Å². The first-order valence-electron chi connectivity index (χ1n) is 7.95. The highest BCUT2D eigenvalue weighted by Crippen LogP contribution is 2.38. The molecule has 7 heteroatoms. The molecule has 1 aliphatic rings. The van der Waals surface area contributed by atoms with Crippen molar-refractivity contribution in [1.29, 1.82) is 5.26 Å². The zero-order valence-corrected chi connectivity index (χ0v) is 13.7. The molecule has 1 aliphatic carbocycles. The normalized spacial score (nSPS) is 20.0. The Balaban J connectivity index is 1.79. The zero-order chi connectivity index (χ0) is 17.8. The monoisotopic (exact) mass is 338 g/mol.